The molecule has 122 valence electrons. The fraction of sp³-hybridized carbons (Fsp3) is 0.0588. The fourth-order valence-electron chi connectivity index (χ4n) is 2.19. The van der Waals surface area contributed by atoms with Gasteiger partial charge in [-0.15, -0.1) is 17.5 Å². The minimum absolute atomic E-state index is 0. The summed E-state index contributed by atoms with van der Waals surface area (Å²) >= 11 is 0. The predicted octanol–water partition coefficient (Wildman–Crippen LogP) is 4.37. The third-order valence-corrected chi connectivity index (χ3v) is 3.40. The second-order valence-electron chi connectivity index (χ2n) is 5.11. The van der Waals surface area contributed by atoms with Crippen molar-refractivity contribution in [2.24, 2.45) is 16.0 Å². The summed E-state index contributed by atoms with van der Waals surface area (Å²) in [4.78, 5) is 4.33. The molecular weight excluding hydrogens is 326 g/mol. The topological polar surface area (TPSA) is 108 Å². The molecule has 0 radical (unpaired) electrons. The number of pyridine rings is 1. The van der Waals surface area contributed by atoms with E-state index in [1.165, 1.54) is 0 Å². The number of nitrogen functional groups attached to an aromatic ring is 1. The lowest BCUT2D eigenvalue weighted by Gasteiger charge is -2.04. The van der Waals surface area contributed by atoms with E-state index in [0.29, 0.717) is 22.5 Å². The van der Waals surface area contributed by atoms with Gasteiger partial charge in [0.25, 0.3) is 0 Å². The van der Waals surface area contributed by atoms with Crippen LogP contribution in [0.1, 0.15) is 11.3 Å². The minimum atomic E-state index is 0. The molecule has 4 N–H and O–H groups in total. The molecule has 0 aliphatic rings. The number of hydrogen-bond donors (Lipinski definition) is 3. The third kappa shape index (κ3) is 3.49. The van der Waals surface area contributed by atoms with Crippen molar-refractivity contribution in [2.75, 3.05) is 0 Å². The molecule has 7 heteroatoms. The number of nitrogens with one attached hydrogen (secondary N) is 1. The van der Waals surface area contributed by atoms with Crippen molar-refractivity contribution in [1.82, 2.24) is 4.98 Å². The number of aromatic hydroxyl groups is 1. The molecule has 0 atom stereocenters. The van der Waals surface area contributed by atoms with Crippen LogP contribution in [0.2, 0.25) is 0 Å². The molecule has 0 spiro atoms. The first-order chi connectivity index (χ1) is 11.0. The van der Waals surface area contributed by atoms with Gasteiger partial charge in [0.2, 0.25) is 0 Å². The van der Waals surface area contributed by atoms with Crippen molar-refractivity contribution in [3.05, 3.63) is 59.8 Å². The van der Waals surface area contributed by atoms with E-state index in [4.69, 9.17) is 11.1 Å². The van der Waals surface area contributed by atoms with Gasteiger partial charge in [0.1, 0.15) is 17.1 Å². The Morgan fingerprint density at radius 3 is 2.42 bits per heavy atom. The zero-order valence-electron chi connectivity index (χ0n) is 12.9. The van der Waals surface area contributed by atoms with E-state index < -0.39 is 0 Å². The molecular formula is C17H16ClN5O. The first-order valence-corrected chi connectivity index (χ1v) is 7.00. The largest absolute Gasteiger partial charge is 0.506 e. The van der Waals surface area contributed by atoms with Gasteiger partial charge in [-0.1, -0.05) is 0 Å². The van der Waals surface area contributed by atoms with Gasteiger partial charge >= 0.3 is 0 Å². The average molecular weight is 342 g/mol. The van der Waals surface area contributed by atoms with Gasteiger partial charge < -0.3 is 10.8 Å². The Balaban J connectivity index is 0.00000208. The molecule has 3 rings (SSSR count). The van der Waals surface area contributed by atoms with Crippen molar-refractivity contribution >= 4 is 40.5 Å². The van der Waals surface area contributed by atoms with Crippen LogP contribution in [-0.2, 0) is 0 Å². The molecule has 3 aromatic rings. The average Bonchev–Trinajstić information content (AvgIpc) is 2.55. The van der Waals surface area contributed by atoms with E-state index in [1.54, 1.807) is 36.4 Å². The number of aryl methyl sites for hydroxylation is 1. The first-order valence-electron chi connectivity index (χ1n) is 7.00. The molecule has 0 fully saturated rings. The molecule has 1 aromatic heterocycles. The highest BCUT2D eigenvalue weighted by molar-refractivity contribution is 5.95. The van der Waals surface area contributed by atoms with Gasteiger partial charge in [-0.3, -0.25) is 5.41 Å². The smallest absolute Gasteiger partial charge is 0.141 e. The minimum Gasteiger partial charge on any atom is -0.506 e. The lowest BCUT2D eigenvalue weighted by molar-refractivity contribution is 0.480. The van der Waals surface area contributed by atoms with Crippen LogP contribution >= 0.6 is 12.4 Å². The summed E-state index contributed by atoms with van der Waals surface area (Å²) in [5.41, 5.74) is 8.66. The van der Waals surface area contributed by atoms with Crippen LogP contribution in [-0.4, -0.2) is 15.9 Å². The number of amidine groups is 1. The van der Waals surface area contributed by atoms with Gasteiger partial charge in [-0.25, -0.2) is 4.98 Å². The Bertz CT molecular complexity index is 922. The number of phenols is 1. The zero-order chi connectivity index (χ0) is 16.4. The molecule has 6 nitrogen and oxygen atoms in total. The van der Waals surface area contributed by atoms with E-state index >= 15 is 0 Å². The van der Waals surface area contributed by atoms with Gasteiger partial charge in [0.05, 0.1) is 11.4 Å². The Morgan fingerprint density at radius 1 is 1.04 bits per heavy atom. The molecule has 0 saturated heterocycles. The van der Waals surface area contributed by atoms with Crippen LogP contribution in [0.15, 0.2) is 58.8 Å². The Hall–Kier alpha value is -2.99. The number of nitrogens with two attached hydrogens (primary N) is 1. The summed E-state index contributed by atoms with van der Waals surface area (Å²) in [7, 11) is 0. The van der Waals surface area contributed by atoms with E-state index in [9.17, 15) is 5.11 Å². The third-order valence-electron chi connectivity index (χ3n) is 3.40. The summed E-state index contributed by atoms with van der Waals surface area (Å²) in [6, 6.07) is 13.9. The normalized spacial score (nSPS) is 10.7. The van der Waals surface area contributed by atoms with Crippen LogP contribution < -0.4 is 5.73 Å². The van der Waals surface area contributed by atoms with Gasteiger partial charge in [-0.2, -0.15) is 5.11 Å². The van der Waals surface area contributed by atoms with E-state index in [0.717, 1.165) is 11.1 Å². The second-order valence-corrected chi connectivity index (χ2v) is 5.11. The Morgan fingerprint density at radius 2 is 1.75 bits per heavy atom. The summed E-state index contributed by atoms with van der Waals surface area (Å²) in [5.74, 6) is 0.132. The number of azo groups is 1. The van der Waals surface area contributed by atoms with Crippen molar-refractivity contribution < 1.29 is 5.11 Å². The number of hydrogen-bond acceptors (Lipinski definition) is 5. The maximum atomic E-state index is 9.92. The summed E-state index contributed by atoms with van der Waals surface area (Å²) in [6.07, 6.45) is 0. The van der Waals surface area contributed by atoms with Crippen LogP contribution in [0.25, 0.3) is 10.9 Å². The van der Waals surface area contributed by atoms with Gasteiger partial charge in [-0.05, 0) is 55.5 Å². The predicted molar refractivity (Wildman–Crippen MR) is 97.0 cm³/mol. The van der Waals surface area contributed by atoms with Crippen molar-refractivity contribution in [1.29, 1.82) is 5.41 Å². The summed E-state index contributed by atoms with van der Waals surface area (Å²) in [6.45, 7) is 1.86. The van der Waals surface area contributed by atoms with Gasteiger partial charge in [0.15, 0.2) is 0 Å². The number of halogens is 1. The highest BCUT2D eigenvalue weighted by Crippen LogP contribution is 2.32. The molecule has 0 unspecified atom stereocenters. The molecule has 24 heavy (non-hydrogen) atoms. The number of nitrogens with zero attached hydrogens (tertiary/aromatic N) is 3. The lowest BCUT2D eigenvalue weighted by atomic mass is 10.1. The summed E-state index contributed by atoms with van der Waals surface area (Å²) in [5, 5.41) is 26.4. The number of fused-ring (bicyclic) bond motifs is 1. The monoisotopic (exact) mass is 341 g/mol. The molecule has 2 aromatic carbocycles. The number of aromatic nitrogens is 1. The van der Waals surface area contributed by atoms with Crippen LogP contribution in [0.5, 0.6) is 5.75 Å². The van der Waals surface area contributed by atoms with Gasteiger partial charge in [0, 0.05) is 16.6 Å². The Kier molecular flexibility index (Phi) is 5.11. The highest BCUT2D eigenvalue weighted by atomic mass is 35.5. The molecule has 0 aliphatic heterocycles. The summed E-state index contributed by atoms with van der Waals surface area (Å²) < 4.78 is 0. The fourth-order valence-corrected chi connectivity index (χ4v) is 2.19. The SMILES string of the molecule is Cc1ccc2c(N=Nc3ccc(C(=N)N)cc3)ccc(O)c2n1.Cl. The van der Waals surface area contributed by atoms with E-state index in [1.807, 2.05) is 19.1 Å². The van der Waals surface area contributed by atoms with Crippen LogP contribution in [0.4, 0.5) is 11.4 Å². The van der Waals surface area contributed by atoms with Crippen LogP contribution in [0, 0.1) is 12.3 Å². The van der Waals surface area contributed by atoms with Crippen molar-refractivity contribution in [2.45, 2.75) is 6.92 Å². The Labute approximate surface area is 145 Å². The van der Waals surface area contributed by atoms with E-state index in [2.05, 4.69) is 15.2 Å². The molecule has 0 aliphatic carbocycles. The number of benzene rings is 2. The lowest BCUT2D eigenvalue weighted by Crippen LogP contribution is -2.10. The maximum absolute atomic E-state index is 9.92. The molecule has 0 saturated carbocycles. The van der Waals surface area contributed by atoms with Crippen LogP contribution in [0.3, 0.4) is 0 Å². The maximum Gasteiger partial charge on any atom is 0.141 e. The quantitative estimate of drug-likeness (QED) is 0.374. The zero-order valence-corrected chi connectivity index (χ0v) is 13.7. The highest BCUT2D eigenvalue weighted by Gasteiger charge is 2.06. The number of phenolic OH excluding ortho intramolecular Hbond substituents is 1. The number of rotatable bonds is 3. The standard InChI is InChI=1S/C17H15N5O.ClH/c1-10-2-7-13-14(8-9-15(23)16(13)20-10)22-21-12-5-3-11(4-6-12)17(18)19;/h2-9,23H,1H3,(H3,18,19);1H. The van der Waals surface area contributed by atoms with Crippen molar-refractivity contribution in [3.8, 4) is 5.75 Å². The molecule has 0 bridgehead atoms. The first kappa shape index (κ1) is 17.4. The van der Waals surface area contributed by atoms with Crippen molar-refractivity contribution in [3.63, 3.8) is 0 Å². The van der Waals surface area contributed by atoms with E-state index in [-0.39, 0.29) is 24.0 Å². The molecule has 0 amide bonds. The second kappa shape index (κ2) is 7.06. The molecule has 1 heterocycles.